The van der Waals surface area contributed by atoms with Gasteiger partial charge in [-0.2, -0.15) is 11.8 Å². The molecule has 0 amide bonds. The molecular formula is C13H28N2O2S2. The minimum absolute atomic E-state index is 0.220. The molecule has 0 aromatic heterocycles. The Kier molecular flexibility index (Phi) is 7.72. The molecule has 0 bridgehead atoms. The molecule has 1 aliphatic heterocycles. The number of rotatable bonds is 8. The van der Waals surface area contributed by atoms with Crippen molar-refractivity contribution in [3.8, 4) is 0 Å². The topological polar surface area (TPSA) is 63.4 Å². The summed E-state index contributed by atoms with van der Waals surface area (Å²) in [6.07, 6.45) is 7.21. The van der Waals surface area contributed by atoms with E-state index in [4.69, 9.17) is 5.73 Å². The van der Waals surface area contributed by atoms with Gasteiger partial charge in [-0.05, 0) is 6.42 Å². The molecule has 2 unspecified atom stereocenters. The highest BCUT2D eigenvalue weighted by molar-refractivity contribution is 8.00. The third-order valence-corrected chi connectivity index (χ3v) is 6.41. The first kappa shape index (κ1) is 17.3. The van der Waals surface area contributed by atoms with Gasteiger partial charge in [-0.3, -0.25) is 4.90 Å². The molecule has 1 saturated heterocycles. The van der Waals surface area contributed by atoms with E-state index in [2.05, 4.69) is 11.8 Å². The Morgan fingerprint density at radius 1 is 1.37 bits per heavy atom. The summed E-state index contributed by atoms with van der Waals surface area (Å²) in [5, 5.41) is -0.342. The SMILES string of the molecule is CCCCCCC(CN)N1CCSCC1S(C)(=O)=O. The second kappa shape index (κ2) is 8.49. The smallest absolute Gasteiger partial charge is 0.164 e. The van der Waals surface area contributed by atoms with Gasteiger partial charge in [0.25, 0.3) is 0 Å². The molecule has 2 N–H and O–H groups in total. The average Bonchev–Trinajstić information content (AvgIpc) is 2.38. The molecule has 0 aromatic rings. The molecule has 1 aliphatic rings. The first-order valence-electron chi connectivity index (χ1n) is 7.23. The number of thioether (sulfide) groups is 1. The van der Waals surface area contributed by atoms with Crippen LogP contribution in [-0.2, 0) is 9.84 Å². The average molecular weight is 309 g/mol. The molecule has 6 heteroatoms. The van der Waals surface area contributed by atoms with Crippen LogP contribution in [0.2, 0.25) is 0 Å². The van der Waals surface area contributed by atoms with Crippen molar-refractivity contribution < 1.29 is 8.42 Å². The minimum atomic E-state index is -3.02. The van der Waals surface area contributed by atoms with E-state index < -0.39 is 9.84 Å². The van der Waals surface area contributed by atoms with Crippen LogP contribution < -0.4 is 5.73 Å². The largest absolute Gasteiger partial charge is 0.329 e. The lowest BCUT2D eigenvalue weighted by Gasteiger charge is -2.39. The van der Waals surface area contributed by atoms with Gasteiger partial charge in [0.1, 0.15) is 5.37 Å². The lowest BCUT2D eigenvalue weighted by molar-refractivity contribution is 0.184. The molecule has 0 saturated carbocycles. The highest BCUT2D eigenvalue weighted by Crippen LogP contribution is 2.24. The van der Waals surface area contributed by atoms with Crippen molar-refractivity contribution in [3.63, 3.8) is 0 Å². The normalized spacial score (nSPS) is 23.4. The first-order valence-corrected chi connectivity index (χ1v) is 10.3. The van der Waals surface area contributed by atoms with Gasteiger partial charge in [0, 0.05) is 36.9 Å². The Morgan fingerprint density at radius 2 is 2.11 bits per heavy atom. The molecule has 2 atom stereocenters. The zero-order valence-electron chi connectivity index (χ0n) is 12.2. The molecule has 1 fully saturated rings. The summed E-state index contributed by atoms with van der Waals surface area (Å²) >= 11 is 1.73. The fourth-order valence-corrected chi connectivity index (χ4v) is 5.55. The fourth-order valence-electron chi connectivity index (χ4n) is 2.61. The second-order valence-electron chi connectivity index (χ2n) is 5.34. The number of nitrogens with zero attached hydrogens (tertiary/aromatic N) is 1. The van der Waals surface area contributed by atoms with Crippen LogP contribution in [0.25, 0.3) is 0 Å². The van der Waals surface area contributed by atoms with Crippen LogP contribution in [0, 0.1) is 0 Å². The Labute approximate surface area is 122 Å². The van der Waals surface area contributed by atoms with Gasteiger partial charge in [-0.1, -0.05) is 32.6 Å². The van der Waals surface area contributed by atoms with Crippen molar-refractivity contribution in [1.82, 2.24) is 4.90 Å². The Morgan fingerprint density at radius 3 is 2.68 bits per heavy atom. The van der Waals surface area contributed by atoms with Gasteiger partial charge in [0.2, 0.25) is 0 Å². The molecule has 0 radical (unpaired) electrons. The minimum Gasteiger partial charge on any atom is -0.329 e. The zero-order chi connectivity index (χ0) is 14.3. The summed E-state index contributed by atoms with van der Waals surface area (Å²) in [6, 6.07) is 0.220. The Bertz CT molecular complexity index is 347. The van der Waals surface area contributed by atoms with E-state index in [1.165, 1.54) is 25.5 Å². The second-order valence-corrected chi connectivity index (χ2v) is 8.69. The lowest BCUT2D eigenvalue weighted by atomic mass is 10.1. The Balaban J connectivity index is 2.60. The Hall–Kier alpha value is 0.220. The van der Waals surface area contributed by atoms with Crippen LogP contribution in [0.5, 0.6) is 0 Å². The van der Waals surface area contributed by atoms with Crippen molar-refractivity contribution in [2.75, 3.05) is 30.9 Å². The summed E-state index contributed by atoms with van der Waals surface area (Å²) < 4.78 is 23.8. The molecule has 4 nitrogen and oxygen atoms in total. The van der Waals surface area contributed by atoms with Gasteiger partial charge in [0.05, 0.1) is 0 Å². The van der Waals surface area contributed by atoms with Gasteiger partial charge in [0.15, 0.2) is 9.84 Å². The predicted octanol–water partition coefficient (Wildman–Crippen LogP) is 1.70. The molecule has 114 valence electrons. The molecular weight excluding hydrogens is 280 g/mol. The van der Waals surface area contributed by atoms with Gasteiger partial charge in [-0.25, -0.2) is 8.42 Å². The molecule has 1 heterocycles. The quantitative estimate of drug-likeness (QED) is 0.692. The number of nitrogens with two attached hydrogens (primary N) is 1. The first-order chi connectivity index (χ1) is 9.00. The maximum atomic E-state index is 11.9. The maximum absolute atomic E-state index is 11.9. The summed E-state index contributed by atoms with van der Waals surface area (Å²) in [5.74, 6) is 1.70. The monoisotopic (exact) mass is 308 g/mol. The number of unbranched alkanes of at least 4 members (excludes halogenated alkanes) is 3. The van der Waals surface area contributed by atoms with E-state index in [-0.39, 0.29) is 11.4 Å². The van der Waals surface area contributed by atoms with Crippen molar-refractivity contribution in [2.45, 2.75) is 50.4 Å². The highest BCUT2D eigenvalue weighted by atomic mass is 32.2. The molecule has 1 rings (SSSR count). The van der Waals surface area contributed by atoms with E-state index in [1.807, 2.05) is 0 Å². The van der Waals surface area contributed by atoms with Crippen LogP contribution in [-0.4, -0.2) is 55.6 Å². The van der Waals surface area contributed by atoms with Crippen LogP contribution in [0.4, 0.5) is 0 Å². The molecule has 0 aromatic carbocycles. The highest BCUT2D eigenvalue weighted by Gasteiger charge is 2.34. The number of hydrogen-bond acceptors (Lipinski definition) is 5. The van der Waals surface area contributed by atoms with Crippen molar-refractivity contribution in [1.29, 1.82) is 0 Å². The van der Waals surface area contributed by atoms with E-state index in [9.17, 15) is 8.42 Å². The van der Waals surface area contributed by atoms with Crippen molar-refractivity contribution >= 4 is 21.6 Å². The zero-order valence-corrected chi connectivity index (χ0v) is 13.8. The van der Waals surface area contributed by atoms with E-state index >= 15 is 0 Å². The summed E-state index contributed by atoms with van der Waals surface area (Å²) in [4.78, 5) is 2.14. The van der Waals surface area contributed by atoms with E-state index in [0.29, 0.717) is 12.3 Å². The molecule has 0 spiro atoms. The van der Waals surface area contributed by atoms with E-state index in [1.54, 1.807) is 11.8 Å². The maximum Gasteiger partial charge on any atom is 0.164 e. The number of sulfone groups is 1. The summed E-state index contributed by atoms with van der Waals surface area (Å²) in [5.41, 5.74) is 5.88. The lowest BCUT2D eigenvalue weighted by Crippen LogP contribution is -2.54. The molecule has 0 aliphatic carbocycles. The van der Waals surface area contributed by atoms with Crippen LogP contribution in [0.15, 0.2) is 0 Å². The van der Waals surface area contributed by atoms with Gasteiger partial charge < -0.3 is 5.73 Å². The van der Waals surface area contributed by atoms with Crippen LogP contribution in [0.3, 0.4) is 0 Å². The fraction of sp³-hybridized carbons (Fsp3) is 1.00. The van der Waals surface area contributed by atoms with Crippen molar-refractivity contribution in [2.24, 2.45) is 5.73 Å². The van der Waals surface area contributed by atoms with Gasteiger partial charge in [-0.15, -0.1) is 0 Å². The van der Waals surface area contributed by atoms with Gasteiger partial charge >= 0.3 is 0 Å². The number of hydrogen-bond donors (Lipinski definition) is 1. The predicted molar refractivity (Wildman–Crippen MR) is 84.3 cm³/mol. The van der Waals surface area contributed by atoms with E-state index in [0.717, 1.165) is 25.1 Å². The standard InChI is InChI=1S/C13H28N2O2S2/c1-3-4-5-6-7-12(10-14)15-8-9-18-11-13(15)19(2,16)17/h12-13H,3-11,14H2,1-2H3. The third kappa shape index (κ3) is 5.61. The van der Waals surface area contributed by atoms with Crippen LogP contribution >= 0.6 is 11.8 Å². The summed E-state index contributed by atoms with van der Waals surface area (Å²) in [7, 11) is -3.02. The van der Waals surface area contributed by atoms with Crippen LogP contribution in [0.1, 0.15) is 39.0 Å². The van der Waals surface area contributed by atoms with Crippen molar-refractivity contribution in [3.05, 3.63) is 0 Å². The molecule has 19 heavy (non-hydrogen) atoms. The third-order valence-electron chi connectivity index (χ3n) is 3.75. The summed E-state index contributed by atoms with van der Waals surface area (Å²) in [6.45, 7) is 3.60.